The molecule has 3 aromatic rings. The second-order valence-corrected chi connectivity index (χ2v) is 9.32. The van der Waals surface area contributed by atoms with Crippen LogP contribution in [0.3, 0.4) is 0 Å². The smallest absolute Gasteiger partial charge is 0.218 e. The maximum Gasteiger partial charge on any atom is 0.218 e. The summed E-state index contributed by atoms with van der Waals surface area (Å²) in [5.41, 5.74) is 1.94. The van der Waals surface area contributed by atoms with Gasteiger partial charge in [-0.1, -0.05) is 29.8 Å². The summed E-state index contributed by atoms with van der Waals surface area (Å²) in [6, 6.07) is 13.5. The fourth-order valence-electron chi connectivity index (χ4n) is 3.50. The largest absolute Gasteiger partial charge is 0.354 e. The Morgan fingerprint density at radius 1 is 0.897 bits per heavy atom. The van der Waals surface area contributed by atoms with Crippen LogP contribution < -0.4 is 4.90 Å². The summed E-state index contributed by atoms with van der Waals surface area (Å²) in [6.45, 7) is 5.99. The highest BCUT2D eigenvalue weighted by atomic mass is 32.2. The van der Waals surface area contributed by atoms with Crippen LogP contribution in [0, 0.1) is 13.8 Å². The van der Waals surface area contributed by atoms with E-state index in [0.717, 1.165) is 22.8 Å². The number of sulfonamides is 1. The van der Waals surface area contributed by atoms with E-state index in [-0.39, 0.29) is 5.75 Å². The molecule has 0 radical (unpaired) electrons. The van der Waals surface area contributed by atoms with Crippen molar-refractivity contribution in [3.63, 3.8) is 0 Å². The summed E-state index contributed by atoms with van der Waals surface area (Å²) in [4.78, 5) is 11.2. The van der Waals surface area contributed by atoms with Gasteiger partial charge in [0.05, 0.1) is 5.75 Å². The maximum atomic E-state index is 12.8. The van der Waals surface area contributed by atoms with E-state index in [4.69, 9.17) is 0 Å². The van der Waals surface area contributed by atoms with E-state index in [0.29, 0.717) is 32.0 Å². The van der Waals surface area contributed by atoms with Gasteiger partial charge in [0, 0.05) is 44.6 Å². The van der Waals surface area contributed by atoms with E-state index in [2.05, 4.69) is 14.9 Å². The van der Waals surface area contributed by atoms with Crippen molar-refractivity contribution in [3.05, 3.63) is 71.8 Å². The first-order valence-electron chi connectivity index (χ1n) is 9.68. The average molecular weight is 412 g/mol. The predicted molar refractivity (Wildman–Crippen MR) is 114 cm³/mol. The zero-order valence-electron chi connectivity index (χ0n) is 16.7. The highest BCUT2D eigenvalue weighted by Crippen LogP contribution is 2.20. The minimum Gasteiger partial charge on any atom is -0.354 e. The number of rotatable bonds is 5. The molecule has 1 fully saturated rings. The minimum absolute atomic E-state index is 0.0394. The quantitative estimate of drug-likeness (QED) is 0.645. The normalized spacial score (nSPS) is 15.6. The van der Waals surface area contributed by atoms with Crippen LogP contribution in [0.4, 0.5) is 5.82 Å². The third-order valence-corrected chi connectivity index (χ3v) is 6.96. The highest BCUT2D eigenvalue weighted by Gasteiger charge is 2.28. The lowest BCUT2D eigenvalue weighted by Gasteiger charge is -2.34. The molecule has 4 rings (SSSR count). The van der Waals surface area contributed by atoms with Crippen LogP contribution in [-0.4, -0.2) is 53.4 Å². The van der Waals surface area contributed by atoms with Gasteiger partial charge in [0.1, 0.15) is 17.5 Å². The van der Waals surface area contributed by atoms with Gasteiger partial charge in [0.15, 0.2) is 0 Å². The van der Waals surface area contributed by atoms with Crippen LogP contribution in [-0.2, 0) is 15.8 Å². The number of aromatic nitrogens is 3. The van der Waals surface area contributed by atoms with Crippen molar-refractivity contribution in [1.82, 2.24) is 18.8 Å². The summed E-state index contributed by atoms with van der Waals surface area (Å²) in [6.07, 6.45) is 3.89. The number of benzene rings is 1. The molecule has 1 aliphatic rings. The van der Waals surface area contributed by atoms with Crippen LogP contribution in [0.15, 0.2) is 54.9 Å². The van der Waals surface area contributed by atoms with Gasteiger partial charge in [-0.25, -0.2) is 18.4 Å². The van der Waals surface area contributed by atoms with E-state index in [9.17, 15) is 8.42 Å². The highest BCUT2D eigenvalue weighted by molar-refractivity contribution is 7.88. The molecule has 0 spiro atoms. The predicted octanol–water partition coefficient (Wildman–Crippen LogP) is 2.54. The molecule has 1 aliphatic heterocycles. The number of hydrogen-bond acceptors (Lipinski definition) is 5. The molecular weight excluding hydrogens is 386 g/mol. The van der Waals surface area contributed by atoms with Gasteiger partial charge in [-0.05, 0) is 31.5 Å². The van der Waals surface area contributed by atoms with E-state index in [1.165, 1.54) is 0 Å². The molecule has 152 valence electrons. The van der Waals surface area contributed by atoms with Crippen LogP contribution >= 0.6 is 0 Å². The van der Waals surface area contributed by atoms with E-state index >= 15 is 0 Å². The molecule has 0 saturated carbocycles. The molecule has 0 atom stereocenters. The molecule has 1 aromatic carbocycles. The van der Waals surface area contributed by atoms with Crippen molar-refractivity contribution in [1.29, 1.82) is 0 Å². The number of anilines is 1. The van der Waals surface area contributed by atoms with Gasteiger partial charge in [-0.15, -0.1) is 0 Å². The molecule has 0 bridgehead atoms. The summed E-state index contributed by atoms with van der Waals surface area (Å²) in [5, 5.41) is 0. The molecule has 0 amide bonds. The van der Waals surface area contributed by atoms with Gasteiger partial charge in [-0.2, -0.15) is 4.31 Å². The van der Waals surface area contributed by atoms with Crippen molar-refractivity contribution in [2.45, 2.75) is 19.6 Å². The number of nitrogens with zero attached hydrogens (tertiary/aromatic N) is 5. The molecule has 0 unspecified atom stereocenters. The topological polar surface area (TPSA) is 71.3 Å². The number of hydrogen-bond donors (Lipinski definition) is 0. The maximum absolute atomic E-state index is 12.8. The van der Waals surface area contributed by atoms with Crippen molar-refractivity contribution >= 4 is 15.8 Å². The van der Waals surface area contributed by atoms with Gasteiger partial charge in [0.2, 0.25) is 10.0 Å². The fourth-order valence-corrected chi connectivity index (χ4v) is 5.02. The molecule has 8 heteroatoms. The molecule has 3 heterocycles. The number of piperazine rings is 1. The monoisotopic (exact) mass is 411 g/mol. The Balaban J connectivity index is 1.45. The molecule has 0 aliphatic carbocycles. The summed E-state index contributed by atoms with van der Waals surface area (Å²) >= 11 is 0. The van der Waals surface area contributed by atoms with Crippen LogP contribution in [0.5, 0.6) is 0 Å². The Morgan fingerprint density at radius 3 is 2.17 bits per heavy atom. The van der Waals surface area contributed by atoms with Gasteiger partial charge >= 0.3 is 0 Å². The zero-order chi connectivity index (χ0) is 20.4. The molecule has 29 heavy (non-hydrogen) atoms. The Hall–Kier alpha value is -2.71. The average Bonchev–Trinajstić information content (AvgIpc) is 3.24. The van der Waals surface area contributed by atoms with Crippen molar-refractivity contribution in [2.24, 2.45) is 0 Å². The van der Waals surface area contributed by atoms with E-state index in [1.54, 1.807) is 4.31 Å². The molecule has 0 N–H and O–H groups in total. The van der Waals surface area contributed by atoms with Crippen molar-refractivity contribution < 1.29 is 8.42 Å². The van der Waals surface area contributed by atoms with Crippen LogP contribution in [0.25, 0.3) is 5.82 Å². The summed E-state index contributed by atoms with van der Waals surface area (Å²) in [5.74, 6) is 2.38. The van der Waals surface area contributed by atoms with Gasteiger partial charge in [-0.3, -0.25) is 0 Å². The lowest BCUT2D eigenvalue weighted by Crippen LogP contribution is -2.49. The van der Waals surface area contributed by atoms with Crippen molar-refractivity contribution in [3.8, 4) is 5.82 Å². The Bertz CT molecular complexity index is 1070. The molecule has 1 saturated heterocycles. The number of aryl methyl sites for hydroxylation is 2. The molecule has 2 aromatic heterocycles. The Morgan fingerprint density at radius 2 is 1.52 bits per heavy atom. The Labute approximate surface area is 171 Å². The minimum atomic E-state index is -3.34. The van der Waals surface area contributed by atoms with Crippen molar-refractivity contribution in [2.75, 3.05) is 31.1 Å². The first kappa shape index (κ1) is 19.6. The lowest BCUT2D eigenvalue weighted by molar-refractivity contribution is 0.383. The van der Waals surface area contributed by atoms with Crippen LogP contribution in [0.2, 0.25) is 0 Å². The van der Waals surface area contributed by atoms with E-state index < -0.39 is 10.0 Å². The summed E-state index contributed by atoms with van der Waals surface area (Å²) < 4.78 is 29.2. The lowest BCUT2D eigenvalue weighted by atomic mass is 10.2. The first-order chi connectivity index (χ1) is 13.9. The van der Waals surface area contributed by atoms with Gasteiger partial charge in [0.25, 0.3) is 0 Å². The SMILES string of the molecule is Cc1ccc(CS(=O)(=O)N2CCN(c3cc(-n4cccc4)nc(C)n3)CC2)cc1. The fraction of sp³-hybridized carbons (Fsp3) is 0.333. The third kappa shape index (κ3) is 4.49. The van der Waals surface area contributed by atoms with Crippen LogP contribution in [0.1, 0.15) is 17.0 Å². The zero-order valence-corrected chi connectivity index (χ0v) is 17.5. The van der Waals surface area contributed by atoms with Gasteiger partial charge < -0.3 is 9.47 Å². The first-order valence-corrected chi connectivity index (χ1v) is 11.3. The second kappa shape index (κ2) is 7.96. The Kier molecular flexibility index (Phi) is 5.38. The second-order valence-electron chi connectivity index (χ2n) is 7.35. The summed E-state index contributed by atoms with van der Waals surface area (Å²) in [7, 11) is -3.34. The van der Waals surface area contributed by atoms with E-state index in [1.807, 2.05) is 73.3 Å². The standard InChI is InChI=1S/C21H25N5O2S/c1-17-5-7-19(8-6-17)16-29(27,28)26-13-11-25(12-14-26)21-15-20(22-18(2)23-21)24-9-3-4-10-24/h3-10,15H,11-14,16H2,1-2H3. The molecule has 7 nitrogen and oxygen atoms in total. The third-order valence-electron chi connectivity index (χ3n) is 5.11. The molecular formula is C21H25N5O2S.